The van der Waals surface area contributed by atoms with Gasteiger partial charge in [-0.1, -0.05) is 23.7 Å². The maximum atomic E-state index is 12.4. The van der Waals surface area contributed by atoms with E-state index in [1.807, 2.05) is 36.1 Å². The van der Waals surface area contributed by atoms with Crippen molar-refractivity contribution in [2.75, 3.05) is 44.7 Å². The second-order valence-electron chi connectivity index (χ2n) is 6.59. The van der Waals surface area contributed by atoms with Gasteiger partial charge in [0.2, 0.25) is 0 Å². The van der Waals surface area contributed by atoms with E-state index < -0.39 is 0 Å². The summed E-state index contributed by atoms with van der Waals surface area (Å²) in [4.78, 5) is 20.7. The molecule has 1 aliphatic heterocycles. The van der Waals surface area contributed by atoms with Crippen molar-refractivity contribution < 1.29 is 9.53 Å². The number of urea groups is 1. The minimum absolute atomic E-state index is 0.0159. The molecule has 1 aliphatic rings. The van der Waals surface area contributed by atoms with Crippen molar-refractivity contribution in [3.63, 3.8) is 0 Å². The number of methoxy groups -OCH3 is 1. The van der Waals surface area contributed by atoms with Gasteiger partial charge in [0.1, 0.15) is 11.6 Å². The number of halogens is 1. The Bertz CT molecular complexity index is 774. The van der Waals surface area contributed by atoms with Gasteiger partial charge >= 0.3 is 6.03 Å². The number of anilines is 1. The van der Waals surface area contributed by atoms with E-state index >= 15 is 0 Å². The van der Waals surface area contributed by atoms with Crippen molar-refractivity contribution in [3.05, 3.63) is 52.7 Å². The van der Waals surface area contributed by atoms with Gasteiger partial charge in [0.15, 0.2) is 0 Å². The second kappa shape index (κ2) is 8.95. The van der Waals surface area contributed by atoms with Gasteiger partial charge in [0, 0.05) is 38.9 Å². The van der Waals surface area contributed by atoms with Crippen molar-refractivity contribution >= 4 is 23.4 Å². The number of aryl methyl sites for hydroxylation is 1. The Hall–Kier alpha value is -2.47. The molecule has 7 heteroatoms. The number of ether oxygens (including phenoxy) is 1. The van der Waals surface area contributed by atoms with Gasteiger partial charge in [-0.05, 0) is 42.7 Å². The normalized spacial score (nSPS) is 14.2. The Morgan fingerprint density at radius 1 is 1.22 bits per heavy atom. The number of rotatable bonds is 5. The molecule has 0 spiro atoms. The van der Waals surface area contributed by atoms with Crippen LogP contribution < -0.4 is 15.0 Å². The summed E-state index contributed by atoms with van der Waals surface area (Å²) in [6.45, 7) is 5.49. The topological polar surface area (TPSA) is 57.7 Å². The van der Waals surface area contributed by atoms with E-state index in [1.54, 1.807) is 13.3 Å². The van der Waals surface area contributed by atoms with E-state index in [0.29, 0.717) is 24.7 Å². The first kappa shape index (κ1) is 19.3. The molecule has 1 saturated heterocycles. The number of nitrogens with one attached hydrogen (secondary N) is 1. The fraction of sp³-hybridized carbons (Fsp3) is 0.400. The molecule has 1 N–H and O–H groups in total. The molecule has 1 fully saturated rings. The number of hydrogen-bond acceptors (Lipinski definition) is 4. The summed E-state index contributed by atoms with van der Waals surface area (Å²) < 4.78 is 5.35. The first-order valence-electron chi connectivity index (χ1n) is 9.09. The van der Waals surface area contributed by atoms with Crippen LogP contribution in [0.25, 0.3) is 0 Å². The highest BCUT2D eigenvalue weighted by Gasteiger charge is 2.21. The third kappa shape index (κ3) is 5.04. The van der Waals surface area contributed by atoms with Crippen molar-refractivity contribution in [1.82, 2.24) is 15.2 Å². The maximum absolute atomic E-state index is 12.4. The predicted molar refractivity (Wildman–Crippen MR) is 108 cm³/mol. The number of nitrogens with zero attached hydrogens (tertiary/aromatic N) is 3. The van der Waals surface area contributed by atoms with E-state index in [-0.39, 0.29) is 6.03 Å². The second-order valence-corrected chi connectivity index (χ2v) is 7.03. The molecule has 0 radical (unpaired) electrons. The number of piperazine rings is 1. The lowest BCUT2D eigenvalue weighted by Gasteiger charge is -2.35. The number of carbonyl (C=O) groups excluding carboxylic acids is 1. The first-order valence-corrected chi connectivity index (χ1v) is 9.47. The lowest BCUT2D eigenvalue weighted by atomic mass is 10.1. The van der Waals surface area contributed by atoms with Crippen LogP contribution in [0.3, 0.4) is 0 Å². The van der Waals surface area contributed by atoms with E-state index in [2.05, 4.69) is 21.3 Å². The van der Waals surface area contributed by atoms with Crippen LogP contribution in [-0.2, 0) is 6.42 Å². The van der Waals surface area contributed by atoms with E-state index in [1.165, 1.54) is 0 Å². The van der Waals surface area contributed by atoms with Crippen LogP contribution in [-0.4, -0.2) is 55.7 Å². The van der Waals surface area contributed by atoms with Crippen LogP contribution in [0.1, 0.15) is 11.1 Å². The minimum Gasteiger partial charge on any atom is -0.496 e. The zero-order valence-corrected chi connectivity index (χ0v) is 16.5. The van der Waals surface area contributed by atoms with Crippen LogP contribution in [0.4, 0.5) is 10.6 Å². The van der Waals surface area contributed by atoms with Gasteiger partial charge in [-0.3, -0.25) is 0 Å². The molecule has 0 saturated carbocycles. The smallest absolute Gasteiger partial charge is 0.317 e. The Labute approximate surface area is 165 Å². The third-order valence-corrected chi connectivity index (χ3v) is 4.99. The first-order chi connectivity index (χ1) is 13.1. The van der Waals surface area contributed by atoms with Gasteiger partial charge in [-0.15, -0.1) is 0 Å². The molecule has 0 atom stereocenters. The van der Waals surface area contributed by atoms with Crippen molar-refractivity contribution in [2.24, 2.45) is 0 Å². The van der Waals surface area contributed by atoms with Crippen LogP contribution in [0.15, 0.2) is 36.5 Å². The summed E-state index contributed by atoms with van der Waals surface area (Å²) >= 11 is 5.88. The summed E-state index contributed by atoms with van der Waals surface area (Å²) in [6.07, 6.45) is 2.42. The molecule has 1 aromatic carbocycles. The average Bonchev–Trinajstić information content (AvgIpc) is 2.70. The van der Waals surface area contributed by atoms with Gasteiger partial charge in [0.25, 0.3) is 0 Å². The fourth-order valence-electron chi connectivity index (χ4n) is 3.14. The number of aromatic nitrogens is 1. The fourth-order valence-corrected chi connectivity index (χ4v) is 3.25. The van der Waals surface area contributed by atoms with Gasteiger partial charge in [-0.2, -0.15) is 0 Å². The Morgan fingerprint density at radius 2 is 2.00 bits per heavy atom. The number of carbonyl (C=O) groups is 1. The highest BCUT2D eigenvalue weighted by Crippen LogP contribution is 2.19. The largest absolute Gasteiger partial charge is 0.496 e. The Kier molecular flexibility index (Phi) is 6.40. The summed E-state index contributed by atoms with van der Waals surface area (Å²) in [7, 11) is 1.67. The summed E-state index contributed by atoms with van der Waals surface area (Å²) in [5, 5.41) is 3.64. The lowest BCUT2D eigenvalue weighted by Crippen LogP contribution is -2.52. The Balaban J connectivity index is 1.44. The molecule has 27 heavy (non-hydrogen) atoms. The van der Waals surface area contributed by atoms with Crippen LogP contribution in [0.2, 0.25) is 5.02 Å². The monoisotopic (exact) mass is 388 g/mol. The molecule has 3 rings (SSSR count). The molecule has 0 unspecified atom stereocenters. The van der Waals surface area contributed by atoms with Gasteiger partial charge in [0.05, 0.1) is 12.1 Å². The molecule has 2 amide bonds. The zero-order chi connectivity index (χ0) is 19.2. The zero-order valence-electron chi connectivity index (χ0n) is 15.7. The van der Waals surface area contributed by atoms with E-state index in [9.17, 15) is 4.79 Å². The van der Waals surface area contributed by atoms with Gasteiger partial charge < -0.3 is 19.9 Å². The minimum atomic E-state index is -0.0159. The number of benzene rings is 1. The number of hydrogen-bond donors (Lipinski definition) is 1. The number of amides is 2. The van der Waals surface area contributed by atoms with E-state index in [4.69, 9.17) is 16.3 Å². The molecule has 144 valence electrons. The molecular weight excluding hydrogens is 364 g/mol. The van der Waals surface area contributed by atoms with Crippen molar-refractivity contribution in [3.8, 4) is 5.75 Å². The summed E-state index contributed by atoms with van der Waals surface area (Å²) in [5.41, 5.74) is 2.26. The van der Waals surface area contributed by atoms with Gasteiger partial charge in [-0.25, -0.2) is 9.78 Å². The molecule has 0 aliphatic carbocycles. The summed E-state index contributed by atoms with van der Waals surface area (Å²) in [5.74, 6) is 1.78. The summed E-state index contributed by atoms with van der Waals surface area (Å²) in [6, 6.07) is 9.87. The molecule has 2 aromatic rings. The lowest BCUT2D eigenvalue weighted by molar-refractivity contribution is 0.194. The quantitative estimate of drug-likeness (QED) is 0.855. The Morgan fingerprint density at radius 3 is 2.67 bits per heavy atom. The SMILES string of the molecule is COc1cc(CCNC(=O)N2CCN(c3ccc(Cl)cn3)CC2)ccc1C. The highest BCUT2D eigenvalue weighted by molar-refractivity contribution is 6.30. The molecule has 2 heterocycles. The van der Waals surface area contributed by atoms with Crippen LogP contribution >= 0.6 is 11.6 Å². The van der Waals surface area contributed by atoms with Crippen molar-refractivity contribution in [1.29, 1.82) is 0 Å². The van der Waals surface area contributed by atoms with Crippen LogP contribution in [0.5, 0.6) is 5.75 Å². The molecule has 1 aromatic heterocycles. The maximum Gasteiger partial charge on any atom is 0.317 e. The van der Waals surface area contributed by atoms with E-state index in [0.717, 1.165) is 42.2 Å². The highest BCUT2D eigenvalue weighted by atomic mass is 35.5. The molecular formula is C20H25ClN4O2. The predicted octanol–water partition coefficient (Wildman–Crippen LogP) is 3.13. The molecule has 6 nitrogen and oxygen atoms in total. The van der Waals surface area contributed by atoms with Crippen molar-refractivity contribution in [2.45, 2.75) is 13.3 Å². The third-order valence-electron chi connectivity index (χ3n) is 4.77. The van der Waals surface area contributed by atoms with Crippen LogP contribution in [0, 0.1) is 6.92 Å². The standard InChI is InChI=1S/C20H25ClN4O2/c1-15-3-4-16(13-18(15)27-2)7-8-22-20(26)25-11-9-24(10-12-25)19-6-5-17(21)14-23-19/h3-6,13-14H,7-12H2,1-2H3,(H,22,26). The molecule has 0 bridgehead atoms. The number of pyridine rings is 1. The average molecular weight is 389 g/mol.